The van der Waals surface area contributed by atoms with Crippen LogP contribution in [0.1, 0.15) is 22.9 Å². The number of nitrogens with one attached hydrogen (secondary N) is 1. The molecule has 2 aromatic heterocycles. The van der Waals surface area contributed by atoms with Crippen molar-refractivity contribution < 1.29 is 0 Å². The van der Waals surface area contributed by atoms with Crippen LogP contribution in [0.25, 0.3) is 10.9 Å². The zero-order valence-electron chi connectivity index (χ0n) is 12.2. The first-order valence-electron chi connectivity index (χ1n) is 6.97. The van der Waals surface area contributed by atoms with E-state index in [9.17, 15) is 0 Å². The summed E-state index contributed by atoms with van der Waals surface area (Å²) in [7, 11) is 1.96. The van der Waals surface area contributed by atoms with E-state index in [0.29, 0.717) is 0 Å². The van der Waals surface area contributed by atoms with Crippen molar-refractivity contribution in [3.05, 3.63) is 59.5 Å². The van der Waals surface area contributed by atoms with E-state index in [1.165, 1.54) is 5.39 Å². The minimum atomic E-state index is -0.00398. The van der Waals surface area contributed by atoms with Crippen LogP contribution < -0.4 is 11.3 Å². The molecule has 2 heterocycles. The molecular formula is C16H19N5. The Morgan fingerprint density at radius 3 is 2.86 bits per heavy atom. The highest BCUT2D eigenvalue weighted by Crippen LogP contribution is 2.23. The molecule has 0 aliphatic heterocycles. The molecule has 5 nitrogen and oxygen atoms in total. The number of para-hydroxylation sites is 1. The van der Waals surface area contributed by atoms with Gasteiger partial charge in [-0.05, 0) is 24.1 Å². The first-order valence-corrected chi connectivity index (χ1v) is 6.97. The van der Waals surface area contributed by atoms with Gasteiger partial charge in [0.15, 0.2) is 0 Å². The van der Waals surface area contributed by atoms with Crippen molar-refractivity contribution in [2.75, 3.05) is 0 Å². The molecule has 0 fully saturated rings. The second kappa shape index (κ2) is 5.63. The normalized spacial score (nSPS) is 12.7. The quantitative estimate of drug-likeness (QED) is 0.567. The summed E-state index contributed by atoms with van der Waals surface area (Å²) in [5.74, 6) is 5.74. The Labute approximate surface area is 123 Å². The molecule has 1 atom stereocenters. The van der Waals surface area contributed by atoms with E-state index in [2.05, 4.69) is 33.7 Å². The largest absolute Gasteiger partial charge is 0.271 e. The van der Waals surface area contributed by atoms with Gasteiger partial charge in [-0.2, -0.15) is 5.10 Å². The van der Waals surface area contributed by atoms with E-state index in [0.717, 1.165) is 28.8 Å². The third-order valence-electron chi connectivity index (χ3n) is 3.73. The van der Waals surface area contributed by atoms with E-state index in [1.54, 1.807) is 0 Å². The molecule has 0 amide bonds. The van der Waals surface area contributed by atoms with E-state index >= 15 is 0 Å². The van der Waals surface area contributed by atoms with Gasteiger partial charge in [0.25, 0.3) is 0 Å². The number of nitrogens with two attached hydrogens (primary N) is 1. The van der Waals surface area contributed by atoms with Crippen LogP contribution in [0.5, 0.6) is 0 Å². The molecule has 0 bridgehead atoms. The fourth-order valence-corrected chi connectivity index (χ4v) is 2.67. The van der Waals surface area contributed by atoms with E-state index in [1.807, 2.05) is 43.2 Å². The van der Waals surface area contributed by atoms with Crippen molar-refractivity contribution in [2.45, 2.75) is 19.4 Å². The molecule has 0 saturated carbocycles. The van der Waals surface area contributed by atoms with Crippen molar-refractivity contribution in [1.29, 1.82) is 0 Å². The Morgan fingerprint density at radius 1 is 1.29 bits per heavy atom. The number of benzene rings is 1. The number of rotatable bonds is 4. The number of aryl methyl sites for hydroxylation is 2. The highest BCUT2D eigenvalue weighted by Gasteiger charge is 2.16. The summed E-state index contributed by atoms with van der Waals surface area (Å²) in [5, 5.41) is 5.79. The minimum absolute atomic E-state index is 0.00398. The number of hydrogen-bond donors (Lipinski definition) is 2. The summed E-state index contributed by atoms with van der Waals surface area (Å²) in [5.41, 5.74) is 7.25. The zero-order chi connectivity index (χ0) is 14.8. The average molecular weight is 281 g/mol. The number of hydrazine groups is 1. The Kier molecular flexibility index (Phi) is 3.68. The van der Waals surface area contributed by atoms with E-state index in [-0.39, 0.29) is 6.04 Å². The van der Waals surface area contributed by atoms with Gasteiger partial charge in [0.1, 0.15) is 0 Å². The third kappa shape index (κ3) is 2.66. The van der Waals surface area contributed by atoms with Crippen LogP contribution in [-0.2, 0) is 13.5 Å². The fourth-order valence-electron chi connectivity index (χ4n) is 2.67. The van der Waals surface area contributed by atoms with Crippen LogP contribution in [0.4, 0.5) is 0 Å². The highest BCUT2D eigenvalue weighted by molar-refractivity contribution is 5.81. The molecule has 3 rings (SSSR count). The number of nitrogens with zero attached hydrogens (tertiary/aromatic N) is 3. The second-order valence-electron chi connectivity index (χ2n) is 5.31. The van der Waals surface area contributed by atoms with Crippen molar-refractivity contribution in [2.24, 2.45) is 12.9 Å². The predicted molar refractivity (Wildman–Crippen MR) is 83.5 cm³/mol. The summed E-state index contributed by atoms with van der Waals surface area (Å²) in [6, 6.07) is 10.3. The molecule has 0 saturated heterocycles. The van der Waals surface area contributed by atoms with E-state index < -0.39 is 0 Å². The number of pyridine rings is 1. The van der Waals surface area contributed by atoms with Gasteiger partial charge < -0.3 is 0 Å². The summed E-state index contributed by atoms with van der Waals surface area (Å²) in [6.45, 7) is 2.03. The topological polar surface area (TPSA) is 68.8 Å². The summed E-state index contributed by atoms with van der Waals surface area (Å²) < 4.78 is 1.91. The SMILES string of the molecule is Cc1cncc(C(Cc2nn(C)c3ccccc23)NN)c1. The maximum absolute atomic E-state index is 5.74. The summed E-state index contributed by atoms with van der Waals surface area (Å²) in [4.78, 5) is 4.24. The molecule has 3 aromatic rings. The zero-order valence-corrected chi connectivity index (χ0v) is 12.2. The lowest BCUT2D eigenvalue weighted by Crippen LogP contribution is -2.30. The lowest BCUT2D eigenvalue weighted by molar-refractivity contribution is 0.541. The molecule has 5 heteroatoms. The second-order valence-corrected chi connectivity index (χ2v) is 5.31. The van der Waals surface area contributed by atoms with Crippen molar-refractivity contribution in [3.63, 3.8) is 0 Å². The number of aromatic nitrogens is 3. The van der Waals surface area contributed by atoms with Gasteiger partial charge in [0.2, 0.25) is 0 Å². The minimum Gasteiger partial charge on any atom is -0.271 e. The molecule has 3 N–H and O–H groups in total. The van der Waals surface area contributed by atoms with Crippen LogP contribution in [0, 0.1) is 6.92 Å². The Bertz CT molecular complexity index is 762. The molecule has 1 unspecified atom stereocenters. The fraction of sp³-hybridized carbons (Fsp3) is 0.250. The molecule has 1 aromatic carbocycles. The molecule has 0 spiro atoms. The molecular weight excluding hydrogens is 262 g/mol. The van der Waals surface area contributed by atoms with Gasteiger partial charge in [0.05, 0.1) is 17.3 Å². The van der Waals surface area contributed by atoms with Crippen LogP contribution in [0.15, 0.2) is 42.7 Å². The standard InChI is InChI=1S/C16H19N5/c1-11-7-12(10-18-9-11)14(19-17)8-15-13-5-3-4-6-16(13)21(2)20-15/h3-7,9-10,14,19H,8,17H2,1-2H3. The molecule has 0 aliphatic carbocycles. The smallest absolute Gasteiger partial charge is 0.0722 e. The molecule has 108 valence electrons. The third-order valence-corrected chi connectivity index (χ3v) is 3.73. The van der Waals surface area contributed by atoms with Gasteiger partial charge >= 0.3 is 0 Å². The van der Waals surface area contributed by atoms with Crippen LogP contribution in [0.3, 0.4) is 0 Å². The van der Waals surface area contributed by atoms with Gasteiger partial charge in [-0.3, -0.25) is 20.9 Å². The Balaban J connectivity index is 1.96. The van der Waals surface area contributed by atoms with Crippen molar-refractivity contribution >= 4 is 10.9 Å². The maximum atomic E-state index is 5.74. The molecule has 0 radical (unpaired) electrons. The first kappa shape index (κ1) is 13.7. The van der Waals surface area contributed by atoms with Crippen molar-refractivity contribution in [3.8, 4) is 0 Å². The molecule has 21 heavy (non-hydrogen) atoms. The summed E-state index contributed by atoms with van der Waals surface area (Å²) >= 11 is 0. The number of fused-ring (bicyclic) bond motifs is 1. The maximum Gasteiger partial charge on any atom is 0.0722 e. The lowest BCUT2D eigenvalue weighted by atomic mass is 10.0. The Morgan fingerprint density at radius 2 is 2.10 bits per heavy atom. The van der Waals surface area contributed by atoms with Crippen LogP contribution in [0.2, 0.25) is 0 Å². The van der Waals surface area contributed by atoms with Gasteiger partial charge in [-0.25, -0.2) is 0 Å². The predicted octanol–water partition coefficient (Wildman–Crippen LogP) is 2.02. The van der Waals surface area contributed by atoms with E-state index in [4.69, 9.17) is 5.84 Å². The van der Waals surface area contributed by atoms with Gasteiger partial charge in [-0.1, -0.05) is 24.3 Å². The highest BCUT2D eigenvalue weighted by atomic mass is 15.3. The monoisotopic (exact) mass is 281 g/mol. The number of hydrogen-bond acceptors (Lipinski definition) is 4. The molecule has 0 aliphatic rings. The van der Waals surface area contributed by atoms with Crippen molar-refractivity contribution in [1.82, 2.24) is 20.2 Å². The summed E-state index contributed by atoms with van der Waals surface area (Å²) in [6.07, 6.45) is 4.42. The lowest BCUT2D eigenvalue weighted by Gasteiger charge is -2.15. The van der Waals surface area contributed by atoms with Gasteiger partial charge in [-0.15, -0.1) is 0 Å². The van der Waals surface area contributed by atoms with Crippen LogP contribution in [-0.4, -0.2) is 14.8 Å². The first-order chi connectivity index (χ1) is 10.2. The van der Waals surface area contributed by atoms with Crippen LogP contribution >= 0.6 is 0 Å². The average Bonchev–Trinajstić information content (AvgIpc) is 2.82. The Hall–Kier alpha value is -2.24. The van der Waals surface area contributed by atoms with Gasteiger partial charge in [0, 0.05) is 31.2 Å².